The van der Waals surface area contributed by atoms with E-state index in [2.05, 4.69) is 10.1 Å². The highest BCUT2D eigenvalue weighted by molar-refractivity contribution is 6.30. The fourth-order valence-corrected chi connectivity index (χ4v) is 4.66. The Morgan fingerprint density at radius 1 is 1.13 bits per heavy atom. The molecule has 0 radical (unpaired) electrons. The van der Waals surface area contributed by atoms with E-state index in [1.165, 1.54) is 0 Å². The first kappa shape index (κ1) is 27.6. The Hall–Kier alpha value is -3.43. The maximum absolute atomic E-state index is 13.4. The number of amides is 2. The van der Waals surface area contributed by atoms with E-state index in [-0.39, 0.29) is 37.8 Å². The summed E-state index contributed by atoms with van der Waals surface area (Å²) in [5, 5.41) is 4.95. The zero-order valence-corrected chi connectivity index (χ0v) is 22.9. The number of hydrogen-bond acceptors (Lipinski definition) is 6. The van der Waals surface area contributed by atoms with E-state index in [1.54, 1.807) is 45.8 Å². The van der Waals surface area contributed by atoms with Gasteiger partial charge in [-0.1, -0.05) is 41.9 Å². The maximum atomic E-state index is 13.4. The number of ether oxygens (including phenoxy) is 2. The summed E-state index contributed by atoms with van der Waals surface area (Å²) in [6, 6.07) is 16.8. The number of hydrogen-bond donors (Lipinski definition) is 0. The molecule has 202 valence electrons. The Labute approximate surface area is 228 Å². The van der Waals surface area contributed by atoms with Crippen LogP contribution in [0.4, 0.5) is 0 Å². The molecule has 0 aliphatic carbocycles. The van der Waals surface area contributed by atoms with Gasteiger partial charge in [-0.3, -0.25) is 9.59 Å². The van der Waals surface area contributed by atoms with Gasteiger partial charge in [-0.2, -0.15) is 5.10 Å². The lowest BCUT2D eigenvalue weighted by molar-refractivity contribution is -0.165. The van der Waals surface area contributed by atoms with E-state index in [0.717, 1.165) is 11.4 Å². The van der Waals surface area contributed by atoms with Gasteiger partial charge in [0, 0.05) is 31.6 Å². The molecule has 2 amide bonds. The van der Waals surface area contributed by atoms with Crippen LogP contribution in [0.15, 0.2) is 54.6 Å². The van der Waals surface area contributed by atoms with E-state index in [9.17, 15) is 9.59 Å². The first-order valence-electron chi connectivity index (χ1n) is 12.7. The summed E-state index contributed by atoms with van der Waals surface area (Å²) < 4.78 is 14.0. The largest absolute Gasteiger partial charge is 0.490 e. The van der Waals surface area contributed by atoms with Crippen molar-refractivity contribution in [2.75, 3.05) is 33.4 Å². The highest BCUT2D eigenvalue weighted by Crippen LogP contribution is 2.27. The van der Waals surface area contributed by atoms with Crippen LogP contribution in [0.2, 0.25) is 5.02 Å². The molecule has 1 aliphatic heterocycles. The van der Waals surface area contributed by atoms with Crippen LogP contribution in [0, 0.1) is 13.8 Å². The molecular formula is C28H34ClN5O4. The molecule has 9 nitrogen and oxygen atoms in total. The van der Waals surface area contributed by atoms with E-state index in [1.807, 2.05) is 44.2 Å². The number of carbonyl (C=O) groups excluding carboxylic acids is 2. The molecule has 2 aromatic carbocycles. The average Bonchev–Trinajstić information content (AvgIpc) is 3.24. The van der Waals surface area contributed by atoms with Crippen molar-refractivity contribution in [3.63, 3.8) is 0 Å². The zero-order chi connectivity index (χ0) is 27.1. The van der Waals surface area contributed by atoms with Crippen molar-refractivity contribution in [1.29, 1.82) is 0 Å². The third kappa shape index (κ3) is 7.33. The molecule has 0 bridgehead atoms. The van der Waals surface area contributed by atoms with Crippen molar-refractivity contribution >= 4 is 23.4 Å². The summed E-state index contributed by atoms with van der Waals surface area (Å²) >= 11 is 6.01. The van der Waals surface area contributed by atoms with Crippen LogP contribution < -0.4 is 4.74 Å². The number of rotatable bonds is 10. The van der Waals surface area contributed by atoms with Gasteiger partial charge < -0.3 is 19.3 Å². The van der Waals surface area contributed by atoms with Crippen molar-refractivity contribution in [1.82, 2.24) is 24.6 Å². The lowest BCUT2D eigenvalue weighted by Gasteiger charge is -2.42. The SMILES string of the molecule is Cc1nc(C)n(CCC(=O)N2CCOC(COc3ccc(Cl)cc3)(CC(=O)N(C)Cc3ccccc3)C2)n1. The molecule has 1 saturated heterocycles. The summed E-state index contributed by atoms with van der Waals surface area (Å²) in [7, 11) is 1.78. The van der Waals surface area contributed by atoms with Crippen LogP contribution in [0.25, 0.3) is 0 Å². The molecule has 10 heteroatoms. The van der Waals surface area contributed by atoms with E-state index in [0.29, 0.717) is 42.8 Å². The lowest BCUT2D eigenvalue weighted by atomic mass is 9.96. The number of morpholine rings is 1. The van der Waals surface area contributed by atoms with Gasteiger partial charge in [0.25, 0.3) is 0 Å². The number of nitrogens with zero attached hydrogens (tertiary/aromatic N) is 5. The lowest BCUT2D eigenvalue weighted by Crippen LogP contribution is -2.58. The van der Waals surface area contributed by atoms with Crippen LogP contribution in [-0.2, 0) is 27.4 Å². The molecule has 1 atom stereocenters. The molecular weight excluding hydrogens is 506 g/mol. The summed E-state index contributed by atoms with van der Waals surface area (Å²) in [6.45, 7) is 5.75. The van der Waals surface area contributed by atoms with Crippen LogP contribution in [-0.4, -0.2) is 75.3 Å². The monoisotopic (exact) mass is 539 g/mol. The molecule has 1 aromatic heterocycles. The highest BCUT2D eigenvalue weighted by atomic mass is 35.5. The van der Waals surface area contributed by atoms with E-state index in [4.69, 9.17) is 21.1 Å². The van der Waals surface area contributed by atoms with Crippen molar-refractivity contribution in [2.45, 2.75) is 45.4 Å². The molecule has 2 heterocycles. The minimum Gasteiger partial charge on any atom is -0.490 e. The first-order chi connectivity index (χ1) is 18.2. The quantitative estimate of drug-likeness (QED) is 0.390. The van der Waals surface area contributed by atoms with Gasteiger partial charge in [-0.15, -0.1) is 0 Å². The Balaban J connectivity index is 1.46. The molecule has 1 aliphatic rings. The average molecular weight is 540 g/mol. The molecule has 0 spiro atoms. The highest BCUT2D eigenvalue weighted by Gasteiger charge is 2.42. The van der Waals surface area contributed by atoms with Crippen molar-refractivity contribution in [3.05, 3.63) is 76.8 Å². The van der Waals surface area contributed by atoms with Crippen LogP contribution in [0.1, 0.15) is 30.1 Å². The molecule has 3 aromatic rings. The zero-order valence-electron chi connectivity index (χ0n) is 22.1. The summed E-state index contributed by atoms with van der Waals surface area (Å²) in [4.78, 5) is 34.3. The fraction of sp³-hybridized carbons (Fsp3) is 0.429. The minimum atomic E-state index is -0.991. The van der Waals surface area contributed by atoms with Gasteiger partial charge in [0.05, 0.1) is 26.1 Å². The van der Waals surface area contributed by atoms with E-state index < -0.39 is 5.60 Å². The van der Waals surface area contributed by atoms with Crippen LogP contribution in [0.5, 0.6) is 5.75 Å². The Morgan fingerprint density at radius 3 is 2.55 bits per heavy atom. The second-order valence-electron chi connectivity index (χ2n) is 9.68. The van der Waals surface area contributed by atoms with Gasteiger partial charge in [0.1, 0.15) is 29.6 Å². The molecule has 4 rings (SSSR count). The second-order valence-corrected chi connectivity index (χ2v) is 10.1. The Bertz CT molecular complexity index is 1230. The predicted molar refractivity (Wildman–Crippen MR) is 144 cm³/mol. The number of carbonyl (C=O) groups is 2. The van der Waals surface area contributed by atoms with Crippen molar-refractivity contribution < 1.29 is 19.1 Å². The topological polar surface area (TPSA) is 89.8 Å². The predicted octanol–water partition coefficient (Wildman–Crippen LogP) is 3.66. The van der Waals surface area contributed by atoms with Crippen molar-refractivity contribution in [2.24, 2.45) is 0 Å². The van der Waals surface area contributed by atoms with Crippen LogP contribution >= 0.6 is 11.6 Å². The molecule has 1 unspecified atom stereocenters. The molecule has 38 heavy (non-hydrogen) atoms. The smallest absolute Gasteiger partial charge is 0.225 e. The number of aromatic nitrogens is 3. The maximum Gasteiger partial charge on any atom is 0.225 e. The van der Waals surface area contributed by atoms with Gasteiger partial charge >= 0.3 is 0 Å². The summed E-state index contributed by atoms with van der Waals surface area (Å²) in [5.41, 5.74) is 0.0461. The van der Waals surface area contributed by atoms with E-state index >= 15 is 0 Å². The third-order valence-electron chi connectivity index (χ3n) is 6.58. The summed E-state index contributed by atoms with van der Waals surface area (Å²) in [6.07, 6.45) is 0.356. The van der Waals surface area contributed by atoms with Gasteiger partial charge in [0.15, 0.2) is 0 Å². The summed E-state index contributed by atoms with van der Waals surface area (Å²) in [5.74, 6) is 1.95. The van der Waals surface area contributed by atoms with Gasteiger partial charge in [-0.05, 0) is 43.7 Å². The standard InChI is InChI=1S/C28H34ClN5O4/c1-21-30-22(2)34(31-21)14-13-26(35)33-15-16-38-28(19-33,20-37-25-11-9-24(29)10-12-25)17-27(36)32(3)18-23-7-5-4-6-8-23/h4-12H,13-20H2,1-3H3. The first-order valence-corrected chi connectivity index (χ1v) is 13.1. The molecule has 0 N–H and O–H groups in total. The van der Waals surface area contributed by atoms with Gasteiger partial charge in [0.2, 0.25) is 11.8 Å². The van der Waals surface area contributed by atoms with Crippen LogP contribution in [0.3, 0.4) is 0 Å². The third-order valence-corrected chi connectivity index (χ3v) is 6.83. The van der Waals surface area contributed by atoms with Gasteiger partial charge in [-0.25, -0.2) is 9.67 Å². The second kappa shape index (κ2) is 12.4. The Kier molecular flexibility index (Phi) is 9.01. The minimum absolute atomic E-state index is 0.0261. The number of halogens is 1. The van der Waals surface area contributed by atoms with Crippen molar-refractivity contribution in [3.8, 4) is 5.75 Å². The number of benzene rings is 2. The Morgan fingerprint density at radius 2 is 1.87 bits per heavy atom. The normalized spacial score (nSPS) is 17.3. The molecule has 0 saturated carbocycles. The molecule has 1 fully saturated rings. The number of aryl methyl sites for hydroxylation is 3. The fourth-order valence-electron chi connectivity index (χ4n) is 4.54.